The fourth-order valence-corrected chi connectivity index (χ4v) is 5.35. The number of ether oxygens (including phenoxy) is 1. The number of rotatable bonds is 9. The Morgan fingerprint density at radius 1 is 1.22 bits per heavy atom. The number of hydrogen-bond donors (Lipinski definition) is 1. The minimum atomic E-state index is -3.74. The summed E-state index contributed by atoms with van der Waals surface area (Å²) < 4.78 is 45.9. The first-order valence-corrected chi connectivity index (χ1v) is 12.5. The van der Waals surface area contributed by atoms with E-state index < -0.39 is 15.8 Å². The lowest BCUT2D eigenvalue weighted by Crippen LogP contribution is -2.45. The van der Waals surface area contributed by atoms with E-state index >= 15 is 0 Å². The van der Waals surface area contributed by atoms with E-state index in [9.17, 15) is 17.6 Å². The van der Waals surface area contributed by atoms with Crippen molar-refractivity contribution < 1.29 is 22.3 Å². The van der Waals surface area contributed by atoms with Crippen molar-refractivity contribution in [2.75, 3.05) is 19.6 Å². The van der Waals surface area contributed by atoms with Crippen LogP contribution in [0.5, 0.6) is 5.75 Å². The van der Waals surface area contributed by atoms with Gasteiger partial charge in [-0.2, -0.15) is 4.31 Å². The van der Waals surface area contributed by atoms with Crippen molar-refractivity contribution in [3.63, 3.8) is 0 Å². The van der Waals surface area contributed by atoms with Gasteiger partial charge in [-0.15, -0.1) is 0 Å². The Balaban J connectivity index is 1.49. The summed E-state index contributed by atoms with van der Waals surface area (Å²) in [6.07, 6.45) is 2.97. The third kappa shape index (κ3) is 6.53. The molecule has 1 N–H and O–H groups in total. The molecule has 0 bridgehead atoms. The molecule has 2 aromatic carbocycles. The van der Waals surface area contributed by atoms with Crippen LogP contribution in [0.25, 0.3) is 0 Å². The Bertz CT molecular complexity index is 1010. The van der Waals surface area contributed by atoms with Gasteiger partial charge in [-0.3, -0.25) is 4.79 Å². The lowest BCUT2D eigenvalue weighted by Gasteiger charge is -2.31. The lowest BCUT2D eigenvalue weighted by atomic mass is 9.99. The monoisotopic (exact) mass is 462 g/mol. The van der Waals surface area contributed by atoms with Gasteiger partial charge in [-0.05, 0) is 81.5 Å². The molecule has 3 rings (SSSR count). The average Bonchev–Trinajstić information content (AvgIpc) is 2.77. The molecule has 0 spiro atoms. The molecule has 1 aliphatic rings. The van der Waals surface area contributed by atoms with Gasteiger partial charge >= 0.3 is 0 Å². The predicted molar refractivity (Wildman–Crippen MR) is 121 cm³/mol. The molecule has 8 heteroatoms. The Morgan fingerprint density at radius 3 is 2.69 bits per heavy atom. The number of hydrogen-bond acceptors (Lipinski definition) is 4. The average molecular weight is 463 g/mol. The topological polar surface area (TPSA) is 75.7 Å². The summed E-state index contributed by atoms with van der Waals surface area (Å²) >= 11 is 0. The quantitative estimate of drug-likeness (QED) is 0.576. The zero-order chi connectivity index (χ0) is 23.1. The van der Waals surface area contributed by atoms with Gasteiger partial charge in [0.1, 0.15) is 11.6 Å². The number of carbonyl (C=O) groups is 1. The van der Waals surface area contributed by atoms with Crippen LogP contribution in [0, 0.1) is 11.7 Å². The fourth-order valence-electron chi connectivity index (χ4n) is 3.83. The van der Waals surface area contributed by atoms with Gasteiger partial charge in [0, 0.05) is 19.6 Å². The van der Waals surface area contributed by atoms with Crippen LogP contribution in [0.3, 0.4) is 0 Å². The van der Waals surface area contributed by atoms with Gasteiger partial charge in [0.05, 0.1) is 16.9 Å². The summed E-state index contributed by atoms with van der Waals surface area (Å²) in [6.45, 7) is 4.99. The van der Waals surface area contributed by atoms with Crippen molar-refractivity contribution in [1.82, 2.24) is 9.62 Å². The second-order valence-electron chi connectivity index (χ2n) is 8.36. The number of nitrogens with zero attached hydrogens (tertiary/aromatic N) is 1. The highest BCUT2D eigenvalue weighted by Gasteiger charge is 2.33. The SMILES string of the molecule is CC(C)Oc1cccc(CCCNC(=O)[C@H]2CCCN(S(=O)(=O)c3ccc(F)cc3)C2)c1. The normalized spacial score (nSPS) is 17.3. The Kier molecular flexibility index (Phi) is 8.26. The Morgan fingerprint density at radius 2 is 1.97 bits per heavy atom. The van der Waals surface area contributed by atoms with E-state index in [4.69, 9.17) is 4.74 Å². The van der Waals surface area contributed by atoms with Gasteiger partial charge in [0.25, 0.3) is 0 Å². The van der Waals surface area contributed by atoms with E-state index in [0.717, 1.165) is 36.3 Å². The van der Waals surface area contributed by atoms with Crippen LogP contribution in [0.2, 0.25) is 0 Å². The summed E-state index contributed by atoms with van der Waals surface area (Å²) in [6, 6.07) is 12.7. The summed E-state index contributed by atoms with van der Waals surface area (Å²) in [5, 5.41) is 2.95. The van der Waals surface area contributed by atoms with Crippen molar-refractivity contribution in [1.29, 1.82) is 0 Å². The highest BCUT2D eigenvalue weighted by atomic mass is 32.2. The molecular weight excluding hydrogens is 431 g/mol. The fraction of sp³-hybridized carbons (Fsp3) is 0.458. The predicted octanol–water partition coefficient (Wildman–Crippen LogP) is 3.76. The molecule has 0 aliphatic carbocycles. The smallest absolute Gasteiger partial charge is 0.243 e. The number of benzene rings is 2. The van der Waals surface area contributed by atoms with Crippen LogP contribution in [0.1, 0.15) is 38.7 Å². The van der Waals surface area contributed by atoms with Crippen LogP contribution in [0.4, 0.5) is 4.39 Å². The van der Waals surface area contributed by atoms with E-state index in [2.05, 4.69) is 5.32 Å². The molecule has 1 aliphatic heterocycles. The van der Waals surface area contributed by atoms with Crippen molar-refractivity contribution >= 4 is 15.9 Å². The van der Waals surface area contributed by atoms with Gasteiger partial charge in [-0.1, -0.05) is 12.1 Å². The highest BCUT2D eigenvalue weighted by molar-refractivity contribution is 7.89. The van der Waals surface area contributed by atoms with E-state index in [1.54, 1.807) is 0 Å². The molecular formula is C24H31FN2O4S. The molecule has 1 atom stereocenters. The van der Waals surface area contributed by atoms with Crippen LogP contribution >= 0.6 is 0 Å². The van der Waals surface area contributed by atoms with Crippen molar-refractivity contribution in [3.05, 3.63) is 59.9 Å². The van der Waals surface area contributed by atoms with Crippen molar-refractivity contribution in [2.45, 2.75) is 50.5 Å². The third-order valence-corrected chi connectivity index (χ3v) is 7.30. The number of nitrogens with one attached hydrogen (secondary N) is 1. The van der Waals surface area contributed by atoms with Gasteiger partial charge in [0.2, 0.25) is 15.9 Å². The maximum absolute atomic E-state index is 13.1. The lowest BCUT2D eigenvalue weighted by molar-refractivity contribution is -0.126. The van der Waals surface area contributed by atoms with Crippen LogP contribution in [0.15, 0.2) is 53.4 Å². The molecule has 0 radical (unpaired) electrons. The molecule has 0 saturated carbocycles. The highest BCUT2D eigenvalue weighted by Crippen LogP contribution is 2.24. The van der Waals surface area contributed by atoms with Crippen LogP contribution in [-0.4, -0.2) is 44.4 Å². The number of halogens is 1. The summed E-state index contributed by atoms with van der Waals surface area (Å²) in [5.74, 6) is -0.159. The number of amides is 1. The Labute approximate surface area is 189 Å². The first kappa shape index (κ1) is 24.2. The van der Waals surface area contributed by atoms with Crippen molar-refractivity contribution in [2.24, 2.45) is 5.92 Å². The van der Waals surface area contributed by atoms with Gasteiger partial charge in [-0.25, -0.2) is 12.8 Å². The van der Waals surface area contributed by atoms with Crippen LogP contribution < -0.4 is 10.1 Å². The van der Waals surface area contributed by atoms with E-state index in [0.29, 0.717) is 25.9 Å². The summed E-state index contributed by atoms with van der Waals surface area (Å²) in [4.78, 5) is 12.7. The standard InChI is InChI=1S/C24H31FN2O4S/c1-18(2)31-22-9-3-6-19(16-22)7-4-14-26-24(28)20-8-5-15-27(17-20)32(29,30)23-12-10-21(25)11-13-23/h3,6,9-13,16,18,20H,4-5,7-8,14-15,17H2,1-2H3,(H,26,28)/t20-/m0/s1. The molecule has 0 unspecified atom stereocenters. The van der Waals surface area contributed by atoms with E-state index in [1.807, 2.05) is 38.1 Å². The maximum atomic E-state index is 13.1. The molecule has 174 valence electrons. The number of piperidine rings is 1. The largest absolute Gasteiger partial charge is 0.491 e. The molecule has 1 saturated heterocycles. The Hall–Kier alpha value is -2.45. The minimum Gasteiger partial charge on any atom is -0.491 e. The zero-order valence-electron chi connectivity index (χ0n) is 18.6. The first-order valence-electron chi connectivity index (χ1n) is 11.0. The molecule has 1 fully saturated rings. The van der Waals surface area contributed by atoms with E-state index in [-0.39, 0.29) is 29.4 Å². The second kappa shape index (κ2) is 10.9. The van der Waals surface area contributed by atoms with Gasteiger partial charge < -0.3 is 10.1 Å². The second-order valence-corrected chi connectivity index (χ2v) is 10.3. The van der Waals surface area contributed by atoms with Gasteiger partial charge in [0.15, 0.2) is 0 Å². The zero-order valence-corrected chi connectivity index (χ0v) is 19.4. The molecule has 2 aromatic rings. The molecule has 1 heterocycles. The third-order valence-electron chi connectivity index (χ3n) is 5.42. The number of carbonyl (C=O) groups excluding carboxylic acids is 1. The summed E-state index contributed by atoms with van der Waals surface area (Å²) in [5.41, 5.74) is 1.15. The van der Waals surface area contributed by atoms with Crippen LogP contribution in [-0.2, 0) is 21.2 Å². The molecule has 6 nitrogen and oxygen atoms in total. The number of sulfonamides is 1. The van der Waals surface area contributed by atoms with E-state index in [1.165, 1.54) is 16.4 Å². The molecule has 1 amide bonds. The number of aryl methyl sites for hydroxylation is 1. The maximum Gasteiger partial charge on any atom is 0.243 e. The molecule has 32 heavy (non-hydrogen) atoms. The molecule has 0 aromatic heterocycles. The summed E-state index contributed by atoms with van der Waals surface area (Å²) in [7, 11) is -3.74. The first-order chi connectivity index (χ1) is 15.3. The minimum absolute atomic E-state index is 0.0450. The van der Waals surface area contributed by atoms with Crippen molar-refractivity contribution in [3.8, 4) is 5.75 Å².